The van der Waals surface area contributed by atoms with E-state index in [0.29, 0.717) is 12.6 Å². The Labute approximate surface area is 123 Å². The van der Waals surface area contributed by atoms with Crippen LogP contribution in [0.2, 0.25) is 0 Å². The lowest BCUT2D eigenvalue weighted by molar-refractivity contribution is 0.610. The zero-order valence-electron chi connectivity index (χ0n) is 11.8. The number of nitrogens with zero attached hydrogens (tertiary/aromatic N) is 2. The van der Waals surface area contributed by atoms with Gasteiger partial charge in [0.25, 0.3) is 0 Å². The van der Waals surface area contributed by atoms with E-state index in [9.17, 15) is 4.39 Å². The molecule has 1 aromatic heterocycles. The Morgan fingerprint density at radius 2 is 1.90 bits per heavy atom. The van der Waals surface area contributed by atoms with Crippen molar-refractivity contribution in [3.8, 4) is 0 Å². The first-order chi connectivity index (χ1) is 10.3. The molecule has 1 aliphatic carbocycles. The molecule has 4 heteroatoms. The Hall–Kier alpha value is -1.94. The normalized spacial score (nSPS) is 17.1. The molecule has 21 heavy (non-hydrogen) atoms. The van der Waals surface area contributed by atoms with Gasteiger partial charge in [0.05, 0.1) is 6.20 Å². The minimum Gasteiger partial charge on any atom is -0.348 e. The van der Waals surface area contributed by atoms with Crippen molar-refractivity contribution in [1.82, 2.24) is 10.3 Å². The molecule has 0 atom stereocenters. The van der Waals surface area contributed by atoms with Crippen molar-refractivity contribution < 1.29 is 4.39 Å². The lowest BCUT2D eigenvalue weighted by Crippen LogP contribution is -2.22. The van der Waals surface area contributed by atoms with Crippen LogP contribution in [0.3, 0.4) is 0 Å². The zero-order chi connectivity index (χ0) is 14.2. The summed E-state index contributed by atoms with van der Waals surface area (Å²) in [5.74, 6) is 0.642. The molecule has 0 saturated heterocycles. The number of pyridine rings is 1. The van der Waals surface area contributed by atoms with Crippen molar-refractivity contribution in [2.45, 2.75) is 38.5 Å². The first kappa shape index (κ1) is 12.8. The van der Waals surface area contributed by atoms with Crippen LogP contribution in [0.5, 0.6) is 0 Å². The summed E-state index contributed by atoms with van der Waals surface area (Å²) in [6, 6.07) is 10.7. The smallest absolute Gasteiger partial charge is 0.141 e. The molecule has 1 N–H and O–H groups in total. The van der Waals surface area contributed by atoms with E-state index in [-0.39, 0.29) is 5.82 Å². The van der Waals surface area contributed by atoms with Gasteiger partial charge in [0.2, 0.25) is 0 Å². The first-order valence-electron chi connectivity index (χ1n) is 7.49. The number of rotatable bonds is 4. The standard InChI is InChI=1S/C17H18FN3/c18-15-7-14(8-19-16-5-6-16)17(20-9-15)21-10-12-3-1-2-4-13(12)11-21/h1-4,7,9,16,19H,5-6,8,10-11H2. The van der Waals surface area contributed by atoms with Gasteiger partial charge in [0, 0.05) is 31.2 Å². The van der Waals surface area contributed by atoms with Crippen LogP contribution in [0.25, 0.3) is 0 Å². The van der Waals surface area contributed by atoms with Crippen LogP contribution in [-0.2, 0) is 19.6 Å². The molecule has 1 fully saturated rings. The first-order valence-corrected chi connectivity index (χ1v) is 7.49. The molecular weight excluding hydrogens is 265 g/mol. The average molecular weight is 283 g/mol. The summed E-state index contributed by atoms with van der Waals surface area (Å²) in [5, 5.41) is 3.45. The average Bonchev–Trinajstić information content (AvgIpc) is 3.22. The molecule has 1 saturated carbocycles. The highest BCUT2D eigenvalue weighted by molar-refractivity contribution is 5.52. The van der Waals surface area contributed by atoms with Crippen molar-refractivity contribution in [1.29, 1.82) is 0 Å². The summed E-state index contributed by atoms with van der Waals surface area (Å²) in [7, 11) is 0. The highest BCUT2D eigenvalue weighted by Gasteiger charge is 2.24. The van der Waals surface area contributed by atoms with E-state index >= 15 is 0 Å². The highest BCUT2D eigenvalue weighted by Crippen LogP contribution is 2.30. The molecule has 0 bridgehead atoms. The van der Waals surface area contributed by atoms with E-state index < -0.39 is 0 Å². The van der Waals surface area contributed by atoms with E-state index in [0.717, 1.165) is 24.5 Å². The molecular formula is C17H18FN3. The molecule has 2 aromatic rings. The molecule has 2 aliphatic rings. The van der Waals surface area contributed by atoms with Gasteiger partial charge >= 0.3 is 0 Å². The molecule has 0 unspecified atom stereocenters. The second-order valence-electron chi connectivity index (χ2n) is 5.92. The maximum atomic E-state index is 13.5. The summed E-state index contributed by atoms with van der Waals surface area (Å²) in [6.07, 6.45) is 3.78. The number of fused-ring (bicyclic) bond motifs is 1. The molecule has 1 aliphatic heterocycles. The quantitative estimate of drug-likeness (QED) is 0.935. The monoisotopic (exact) mass is 283 g/mol. The third kappa shape index (κ3) is 2.63. The van der Waals surface area contributed by atoms with Crippen molar-refractivity contribution in [2.75, 3.05) is 4.90 Å². The predicted octanol–water partition coefficient (Wildman–Crippen LogP) is 2.99. The second-order valence-corrected chi connectivity index (χ2v) is 5.92. The number of hydrogen-bond acceptors (Lipinski definition) is 3. The number of benzene rings is 1. The molecule has 0 radical (unpaired) electrons. The second kappa shape index (κ2) is 5.11. The SMILES string of the molecule is Fc1cnc(N2Cc3ccccc3C2)c(CNC2CC2)c1. The fourth-order valence-electron chi connectivity index (χ4n) is 2.91. The fraction of sp³-hybridized carbons (Fsp3) is 0.353. The van der Waals surface area contributed by atoms with Gasteiger partial charge in [-0.1, -0.05) is 24.3 Å². The maximum Gasteiger partial charge on any atom is 0.141 e. The molecule has 1 aromatic carbocycles. The molecule has 4 rings (SSSR count). The molecule has 0 spiro atoms. The van der Waals surface area contributed by atoms with E-state index in [4.69, 9.17) is 0 Å². The predicted molar refractivity (Wildman–Crippen MR) is 80.4 cm³/mol. The largest absolute Gasteiger partial charge is 0.348 e. The Morgan fingerprint density at radius 3 is 2.57 bits per heavy atom. The zero-order valence-corrected chi connectivity index (χ0v) is 11.8. The Bertz CT molecular complexity index is 642. The lowest BCUT2D eigenvalue weighted by Gasteiger charge is -2.20. The molecule has 0 amide bonds. The number of hydrogen-bond donors (Lipinski definition) is 1. The lowest BCUT2D eigenvalue weighted by atomic mass is 10.1. The molecule has 3 nitrogen and oxygen atoms in total. The van der Waals surface area contributed by atoms with Crippen LogP contribution >= 0.6 is 0 Å². The van der Waals surface area contributed by atoms with Gasteiger partial charge in [-0.15, -0.1) is 0 Å². The van der Waals surface area contributed by atoms with Crippen molar-refractivity contribution >= 4 is 5.82 Å². The Morgan fingerprint density at radius 1 is 1.19 bits per heavy atom. The Balaban J connectivity index is 1.59. The van der Waals surface area contributed by atoms with Gasteiger partial charge in [-0.05, 0) is 30.0 Å². The van der Waals surface area contributed by atoms with E-state index in [1.807, 2.05) is 0 Å². The third-order valence-electron chi connectivity index (χ3n) is 4.21. The van der Waals surface area contributed by atoms with Crippen LogP contribution in [0.15, 0.2) is 36.5 Å². The van der Waals surface area contributed by atoms with Crippen LogP contribution in [-0.4, -0.2) is 11.0 Å². The van der Waals surface area contributed by atoms with Gasteiger partial charge in [-0.3, -0.25) is 0 Å². The van der Waals surface area contributed by atoms with Crippen LogP contribution in [0.4, 0.5) is 10.2 Å². The van der Waals surface area contributed by atoms with Gasteiger partial charge < -0.3 is 10.2 Å². The fourth-order valence-corrected chi connectivity index (χ4v) is 2.91. The number of anilines is 1. The van der Waals surface area contributed by atoms with Crippen LogP contribution in [0.1, 0.15) is 29.5 Å². The minimum atomic E-state index is -0.261. The topological polar surface area (TPSA) is 28.2 Å². The van der Waals surface area contributed by atoms with E-state index in [2.05, 4.69) is 39.5 Å². The van der Waals surface area contributed by atoms with Crippen molar-refractivity contribution in [3.05, 3.63) is 59.0 Å². The van der Waals surface area contributed by atoms with Gasteiger partial charge in [0.15, 0.2) is 0 Å². The molecule has 108 valence electrons. The number of halogens is 1. The summed E-state index contributed by atoms with van der Waals surface area (Å²) >= 11 is 0. The minimum absolute atomic E-state index is 0.261. The maximum absolute atomic E-state index is 13.5. The van der Waals surface area contributed by atoms with Gasteiger partial charge in [0.1, 0.15) is 11.6 Å². The summed E-state index contributed by atoms with van der Waals surface area (Å²) in [6.45, 7) is 2.40. The van der Waals surface area contributed by atoms with Crippen molar-refractivity contribution in [2.24, 2.45) is 0 Å². The number of nitrogens with one attached hydrogen (secondary N) is 1. The van der Waals surface area contributed by atoms with E-state index in [1.54, 1.807) is 6.07 Å². The number of aromatic nitrogens is 1. The van der Waals surface area contributed by atoms with Gasteiger partial charge in [-0.2, -0.15) is 0 Å². The van der Waals surface area contributed by atoms with E-state index in [1.165, 1.54) is 30.2 Å². The van der Waals surface area contributed by atoms with Gasteiger partial charge in [-0.25, -0.2) is 9.37 Å². The summed E-state index contributed by atoms with van der Waals surface area (Å²) in [5.41, 5.74) is 3.63. The van der Waals surface area contributed by atoms with Crippen LogP contribution < -0.4 is 10.2 Å². The Kier molecular flexibility index (Phi) is 3.11. The van der Waals surface area contributed by atoms with Crippen molar-refractivity contribution in [3.63, 3.8) is 0 Å². The summed E-state index contributed by atoms with van der Waals surface area (Å²) < 4.78 is 13.5. The molecule has 2 heterocycles. The highest BCUT2D eigenvalue weighted by atomic mass is 19.1. The summed E-state index contributed by atoms with van der Waals surface area (Å²) in [4.78, 5) is 6.58. The third-order valence-corrected chi connectivity index (χ3v) is 4.21. The van der Waals surface area contributed by atoms with Crippen LogP contribution in [0, 0.1) is 5.82 Å².